The van der Waals surface area contributed by atoms with E-state index in [9.17, 15) is 19.2 Å². The Labute approximate surface area is 122 Å². The summed E-state index contributed by atoms with van der Waals surface area (Å²) in [7, 11) is 0. The third-order valence-corrected chi connectivity index (χ3v) is 5.27. The Hall–Kier alpha value is -1.92. The van der Waals surface area contributed by atoms with Gasteiger partial charge in [0.2, 0.25) is 23.6 Å². The summed E-state index contributed by atoms with van der Waals surface area (Å²) < 4.78 is 0. The van der Waals surface area contributed by atoms with Gasteiger partial charge in [0.15, 0.2) is 0 Å². The molecule has 3 rings (SSSR count). The number of nitrogens with two attached hydrogens (primary N) is 2. The number of carbonyl (C=O) groups excluding carboxylic acids is 4. The molecular weight excluding hydrogens is 274 g/mol. The largest absolute Gasteiger partial charge is 0.370 e. The van der Waals surface area contributed by atoms with E-state index in [1.165, 1.54) is 0 Å². The van der Waals surface area contributed by atoms with Crippen LogP contribution in [-0.2, 0) is 19.2 Å². The third-order valence-electron chi connectivity index (χ3n) is 5.27. The van der Waals surface area contributed by atoms with E-state index in [-0.39, 0.29) is 48.3 Å². The summed E-state index contributed by atoms with van der Waals surface area (Å²) in [5.74, 6) is -1.97. The molecule has 3 aliphatic rings. The number of imide groups is 1. The van der Waals surface area contributed by atoms with Crippen LogP contribution in [0.5, 0.6) is 0 Å². The van der Waals surface area contributed by atoms with Crippen LogP contribution in [0.25, 0.3) is 0 Å². The van der Waals surface area contributed by atoms with Crippen LogP contribution in [0.2, 0.25) is 0 Å². The SMILES string of the molecule is NC(=O)CCC(C(N)=O)N1C(=O)C2C3CCC(C3)C2C1=O. The molecule has 0 aromatic rings. The van der Waals surface area contributed by atoms with E-state index in [2.05, 4.69) is 0 Å². The Morgan fingerprint density at radius 1 is 1.10 bits per heavy atom. The van der Waals surface area contributed by atoms with Gasteiger partial charge in [-0.2, -0.15) is 0 Å². The number of fused-ring (bicyclic) bond motifs is 5. The van der Waals surface area contributed by atoms with Gasteiger partial charge in [-0.1, -0.05) is 0 Å². The summed E-state index contributed by atoms with van der Waals surface area (Å²) in [6.07, 6.45) is 2.81. The van der Waals surface area contributed by atoms with Crippen molar-refractivity contribution >= 4 is 23.6 Å². The third kappa shape index (κ3) is 2.02. The number of carbonyl (C=O) groups is 4. The first-order valence-corrected chi connectivity index (χ1v) is 7.36. The highest BCUT2D eigenvalue weighted by molar-refractivity contribution is 6.09. The van der Waals surface area contributed by atoms with Gasteiger partial charge < -0.3 is 11.5 Å². The molecule has 1 saturated heterocycles. The van der Waals surface area contributed by atoms with Crippen LogP contribution in [0, 0.1) is 23.7 Å². The van der Waals surface area contributed by atoms with Crippen molar-refractivity contribution in [3.63, 3.8) is 0 Å². The van der Waals surface area contributed by atoms with Gasteiger partial charge in [-0.15, -0.1) is 0 Å². The maximum atomic E-state index is 12.6. The normalized spacial score (nSPS) is 35.1. The van der Waals surface area contributed by atoms with Crippen molar-refractivity contribution in [2.45, 2.75) is 38.1 Å². The molecule has 4 amide bonds. The predicted octanol–water partition coefficient (Wildman–Crippen LogP) is -0.863. The molecule has 4 N–H and O–H groups in total. The summed E-state index contributed by atoms with van der Waals surface area (Å²) in [5.41, 5.74) is 10.4. The summed E-state index contributed by atoms with van der Waals surface area (Å²) in [6, 6.07) is -1.05. The van der Waals surface area contributed by atoms with E-state index >= 15 is 0 Å². The van der Waals surface area contributed by atoms with Crippen molar-refractivity contribution in [1.82, 2.24) is 4.90 Å². The molecule has 1 heterocycles. The number of likely N-dealkylation sites (tertiary alicyclic amines) is 1. The highest BCUT2D eigenvalue weighted by Crippen LogP contribution is 2.56. The summed E-state index contributed by atoms with van der Waals surface area (Å²) in [6.45, 7) is 0. The second-order valence-corrected chi connectivity index (χ2v) is 6.35. The number of amides is 4. The fourth-order valence-electron chi connectivity index (χ4n) is 4.42. The minimum absolute atomic E-state index is 0.0108. The van der Waals surface area contributed by atoms with Crippen molar-refractivity contribution in [2.75, 3.05) is 0 Å². The molecule has 7 nitrogen and oxygen atoms in total. The number of hydrogen-bond acceptors (Lipinski definition) is 4. The Bertz CT molecular complexity index is 504. The second-order valence-electron chi connectivity index (χ2n) is 6.35. The minimum Gasteiger partial charge on any atom is -0.370 e. The Morgan fingerprint density at radius 2 is 1.62 bits per heavy atom. The first-order valence-electron chi connectivity index (χ1n) is 7.36. The van der Waals surface area contributed by atoms with Crippen LogP contribution in [0.15, 0.2) is 0 Å². The Kier molecular flexibility index (Phi) is 3.22. The average Bonchev–Trinajstić information content (AvgIpc) is 3.06. The molecule has 0 aromatic carbocycles. The van der Waals surface area contributed by atoms with Gasteiger partial charge in [0, 0.05) is 6.42 Å². The molecule has 5 unspecified atom stereocenters. The van der Waals surface area contributed by atoms with Crippen molar-refractivity contribution in [1.29, 1.82) is 0 Å². The van der Waals surface area contributed by atoms with E-state index in [1.54, 1.807) is 0 Å². The predicted molar refractivity (Wildman–Crippen MR) is 71.1 cm³/mol. The number of primary amides is 2. The molecular formula is C14H19N3O4. The molecule has 5 atom stereocenters. The van der Waals surface area contributed by atoms with E-state index in [0.29, 0.717) is 0 Å². The average molecular weight is 293 g/mol. The molecule has 2 aliphatic carbocycles. The zero-order chi connectivity index (χ0) is 15.3. The smallest absolute Gasteiger partial charge is 0.240 e. The van der Waals surface area contributed by atoms with E-state index < -0.39 is 17.9 Å². The molecule has 2 saturated carbocycles. The fraction of sp³-hybridized carbons (Fsp3) is 0.714. The van der Waals surface area contributed by atoms with Gasteiger partial charge in [0.25, 0.3) is 0 Å². The highest BCUT2D eigenvalue weighted by Gasteiger charge is 2.62. The van der Waals surface area contributed by atoms with Crippen LogP contribution >= 0.6 is 0 Å². The van der Waals surface area contributed by atoms with E-state index in [4.69, 9.17) is 11.5 Å². The van der Waals surface area contributed by atoms with Gasteiger partial charge in [-0.25, -0.2) is 0 Å². The van der Waals surface area contributed by atoms with Gasteiger partial charge in [-0.05, 0) is 37.5 Å². The molecule has 0 aromatic heterocycles. The highest BCUT2D eigenvalue weighted by atomic mass is 16.2. The number of rotatable bonds is 5. The van der Waals surface area contributed by atoms with Crippen LogP contribution in [-0.4, -0.2) is 34.6 Å². The Balaban J connectivity index is 1.84. The van der Waals surface area contributed by atoms with Crippen LogP contribution in [0.3, 0.4) is 0 Å². The van der Waals surface area contributed by atoms with Crippen LogP contribution in [0.1, 0.15) is 32.1 Å². The first-order chi connectivity index (χ1) is 9.91. The molecule has 114 valence electrons. The topological polar surface area (TPSA) is 124 Å². The lowest BCUT2D eigenvalue weighted by Crippen LogP contribution is -2.49. The number of hydrogen-bond donors (Lipinski definition) is 2. The van der Waals surface area contributed by atoms with Crippen molar-refractivity contribution in [3.05, 3.63) is 0 Å². The molecule has 7 heteroatoms. The van der Waals surface area contributed by atoms with E-state index in [0.717, 1.165) is 24.2 Å². The van der Waals surface area contributed by atoms with Gasteiger partial charge in [0.1, 0.15) is 6.04 Å². The molecule has 21 heavy (non-hydrogen) atoms. The zero-order valence-electron chi connectivity index (χ0n) is 11.7. The van der Waals surface area contributed by atoms with Crippen molar-refractivity contribution in [3.8, 4) is 0 Å². The lowest BCUT2D eigenvalue weighted by Gasteiger charge is -2.24. The quantitative estimate of drug-likeness (QED) is 0.640. The van der Waals surface area contributed by atoms with Gasteiger partial charge in [0.05, 0.1) is 11.8 Å². The molecule has 0 radical (unpaired) electrons. The summed E-state index contributed by atoms with van der Waals surface area (Å²) >= 11 is 0. The van der Waals surface area contributed by atoms with Crippen LogP contribution in [0.4, 0.5) is 0 Å². The van der Waals surface area contributed by atoms with Gasteiger partial charge >= 0.3 is 0 Å². The molecule has 2 bridgehead atoms. The zero-order valence-corrected chi connectivity index (χ0v) is 11.7. The molecule has 0 spiro atoms. The molecule has 1 aliphatic heterocycles. The van der Waals surface area contributed by atoms with Crippen molar-refractivity contribution < 1.29 is 19.2 Å². The second kappa shape index (κ2) is 4.82. The Morgan fingerprint density at radius 3 is 2.05 bits per heavy atom. The standard InChI is InChI=1S/C14H19N3O4/c15-9(18)4-3-8(12(16)19)17-13(20)10-6-1-2-7(5-6)11(10)14(17)21/h6-8,10-11H,1-5H2,(H2,15,18)(H2,16,19). The lowest BCUT2D eigenvalue weighted by molar-refractivity contribution is -0.148. The maximum Gasteiger partial charge on any atom is 0.240 e. The molecule has 3 fully saturated rings. The van der Waals surface area contributed by atoms with Crippen LogP contribution < -0.4 is 11.5 Å². The van der Waals surface area contributed by atoms with Crippen molar-refractivity contribution in [2.24, 2.45) is 35.1 Å². The lowest BCUT2D eigenvalue weighted by atomic mass is 9.81. The first kappa shape index (κ1) is 14.0. The minimum atomic E-state index is -1.05. The monoisotopic (exact) mass is 293 g/mol. The summed E-state index contributed by atoms with van der Waals surface area (Å²) in [5, 5.41) is 0. The van der Waals surface area contributed by atoms with Gasteiger partial charge in [-0.3, -0.25) is 24.1 Å². The van der Waals surface area contributed by atoms with E-state index in [1.807, 2.05) is 0 Å². The number of nitrogens with zero attached hydrogens (tertiary/aromatic N) is 1. The fourth-order valence-corrected chi connectivity index (χ4v) is 4.42. The summed E-state index contributed by atoms with van der Waals surface area (Å²) in [4.78, 5) is 48.6. The maximum absolute atomic E-state index is 12.6.